The van der Waals surface area contributed by atoms with E-state index in [-0.39, 0.29) is 24.5 Å². The van der Waals surface area contributed by atoms with E-state index in [1.165, 1.54) is 6.92 Å². The van der Waals surface area contributed by atoms with Crippen LogP contribution in [0.3, 0.4) is 0 Å². The first kappa shape index (κ1) is 22.0. The first-order valence-corrected chi connectivity index (χ1v) is 9.83. The lowest BCUT2D eigenvalue weighted by Crippen LogP contribution is -2.48. The van der Waals surface area contributed by atoms with Crippen molar-refractivity contribution in [2.75, 3.05) is 36.9 Å². The highest BCUT2D eigenvalue weighted by Crippen LogP contribution is 2.21. The molecule has 1 fully saturated rings. The lowest BCUT2D eigenvalue weighted by Gasteiger charge is -2.33. The maximum atomic E-state index is 12.5. The molecule has 0 saturated carbocycles. The summed E-state index contributed by atoms with van der Waals surface area (Å²) in [6.07, 6.45) is -0.224. The molecule has 0 bridgehead atoms. The molecule has 0 spiro atoms. The van der Waals surface area contributed by atoms with Crippen molar-refractivity contribution in [1.82, 2.24) is 10.2 Å². The molecule has 1 aliphatic rings. The van der Waals surface area contributed by atoms with Crippen molar-refractivity contribution in [3.8, 4) is 0 Å². The largest absolute Gasteiger partial charge is 0.370 e. The van der Waals surface area contributed by atoms with Gasteiger partial charge < -0.3 is 25.6 Å². The molecule has 3 N–H and O–H groups in total. The average Bonchev–Trinajstić information content (AvgIpc) is 2.78. The number of benzene rings is 2. The lowest BCUT2D eigenvalue weighted by atomic mass is 10.1. The third kappa shape index (κ3) is 6.38. The zero-order chi connectivity index (χ0) is 22.2. The van der Waals surface area contributed by atoms with Crippen molar-refractivity contribution in [3.63, 3.8) is 0 Å². The van der Waals surface area contributed by atoms with E-state index in [1.807, 2.05) is 30.3 Å². The molecular weight excluding hydrogens is 400 g/mol. The van der Waals surface area contributed by atoms with Crippen LogP contribution in [0.2, 0.25) is 0 Å². The molecule has 2 aromatic carbocycles. The van der Waals surface area contributed by atoms with Crippen molar-refractivity contribution in [3.05, 3.63) is 60.2 Å². The van der Waals surface area contributed by atoms with Gasteiger partial charge in [-0.1, -0.05) is 30.3 Å². The topological polar surface area (TPSA) is 117 Å². The van der Waals surface area contributed by atoms with Crippen LogP contribution in [0.25, 0.3) is 0 Å². The summed E-state index contributed by atoms with van der Waals surface area (Å²) in [5.41, 5.74) is 1.94. The maximum Gasteiger partial charge on any atom is 0.313 e. The Bertz CT molecular complexity index is 946. The monoisotopic (exact) mass is 424 g/mol. The van der Waals surface area contributed by atoms with Crippen molar-refractivity contribution in [1.29, 1.82) is 0 Å². The van der Waals surface area contributed by atoms with Gasteiger partial charge in [-0.05, 0) is 29.8 Å². The zero-order valence-corrected chi connectivity index (χ0v) is 17.1. The molecule has 162 valence electrons. The number of nitrogens with one attached hydrogen (secondary N) is 3. The van der Waals surface area contributed by atoms with E-state index in [9.17, 15) is 19.2 Å². The number of rotatable bonds is 5. The molecule has 31 heavy (non-hydrogen) atoms. The van der Waals surface area contributed by atoms with Gasteiger partial charge in [-0.2, -0.15) is 0 Å². The third-order valence-corrected chi connectivity index (χ3v) is 4.66. The molecule has 0 aliphatic carbocycles. The van der Waals surface area contributed by atoms with Crippen molar-refractivity contribution in [2.24, 2.45) is 0 Å². The Hall–Kier alpha value is -3.72. The summed E-state index contributed by atoms with van der Waals surface area (Å²) in [4.78, 5) is 49.2. The number of morpholine rings is 1. The predicted octanol–water partition coefficient (Wildman–Crippen LogP) is 1.30. The van der Waals surface area contributed by atoms with Crippen LogP contribution >= 0.6 is 0 Å². The highest BCUT2D eigenvalue weighted by atomic mass is 16.5. The van der Waals surface area contributed by atoms with Crippen LogP contribution in [-0.4, -0.2) is 54.8 Å². The van der Waals surface area contributed by atoms with E-state index in [0.717, 1.165) is 5.56 Å². The van der Waals surface area contributed by atoms with Gasteiger partial charge in [-0.15, -0.1) is 0 Å². The lowest BCUT2D eigenvalue weighted by molar-refractivity contribution is -0.141. The van der Waals surface area contributed by atoms with Gasteiger partial charge >= 0.3 is 11.8 Å². The second-order valence-electron chi connectivity index (χ2n) is 7.01. The number of carbonyl (C=O) groups excluding carboxylic acids is 4. The third-order valence-electron chi connectivity index (χ3n) is 4.66. The Labute approximate surface area is 179 Å². The standard InChI is InChI=1S/C22H24N4O5/c1-15(27)24-17-7-9-18(10-8-17)25-22(30)21(29)23-13-20(28)26-11-12-31-19(14-26)16-5-3-2-4-6-16/h2-10,19H,11-14H2,1H3,(H,23,29)(H,24,27)(H,25,30). The van der Waals surface area contributed by atoms with Gasteiger partial charge in [-0.25, -0.2) is 0 Å². The summed E-state index contributed by atoms with van der Waals surface area (Å²) in [6.45, 7) is 2.31. The first-order chi connectivity index (χ1) is 14.9. The second-order valence-corrected chi connectivity index (χ2v) is 7.01. The molecular formula is C22H24N4O5. The van der Waals surface area contributed by atoms with Crippen LogP contribution in [0.15, 0.2) is 54.6 Å². The van der Waals surface area contributed by atoms with Gasteiger partial charge in [0.2, 0.25) is 11.8 Å². The van der Waals surface area contributed by atoms with E-state index in [0.29, 0.717) is 31.1 Å². The summed E-state index contributed by atoms with van der Waals surface area (Å²) < 4.78 is 5.74. The molecule has 3 rings (SSSR count). The van der Waals surface area contributed by atoms with Crippen molar-refractivity contribution >= 4 is 35.0 Å². The molecule has 0 radical (unpaired) electrons. The highest BCUT2D eigenvalue weighted by Gasteiger charge is 2.26. The Morgan fingerprint density at radius 2 is 1.58 bits per heavy atom. The van der Waals surface area contributed by atoms with Crippen LogP contribution < -0.4 is 16.0 Å². The molecule has 9 heteroatoms. The quantitative estimate of drug-likeness (QED) is 0.626. The fraction of sp³-hybridized carbons (Fsp3) is 0.273. The molecule has 1 heterocycles. The summed E-state index contributed by atoms with van der Waals surface area (Å²) in [5.74, 6) is -2.29. The normalized spacial score (nSPS) is 15.6. The Morgan fingerprint density at radius 3 is 2.23 bits per heavy atom. The molecule has 1 aliphatic heterocycles. The molecule has 4 amide bonds. The number of anilines is 2. The van der Waals surface area contributed by atoms with Gasteiger partial charge in [0, 0.05) is 24.8 Å². The van der Waals surface area contributed by atoms with E-state index < -0.39 is 11.8 Å². The Kier molecular flexibility index (Phi) is 7.34. The number of amides is 4. The fourth-order valence-corrected chi connectivity index (χ4v) is 3.12. The van der Waals surface area contributed by atoms with Crippen LogP contribution in [0.4, 0.5) is 11.4 Å². The number of nitrogens with zero attached hydrogens (tertiary/aromatic N) is 1. The smallest absolute Gasteiger partial charge is 0.313 e. The molecule has 0 aromatic heterocycles. The number of ether oxygens (including phenoxy) is 1. The Morgan fingerprint density at radius 1 is 0.935 bits per heavy atom. The minimum absolute atomic E-state index is 0.212. The summed E-state index contributed by atoms with van der Waals surface area (Å²) >= 11 is 0. The molecule has 9 nitrogen and oxygen atoms in total. The van der Waals surface area contributed by atoms with E-state index in [2.05, 4.69) is 16.0 Å². The van der Waals surface area contributed by atoms with E-state index >= 15 is 0 Å². The van der Waals surface area contributed by atoms with Gasteiger partial charge in [0.1, 0.15) is 6.10 Å². The average molecular weight is 424 g/mol. The summed E-state index contributed by atoms with van der Waals surface area (Å²) in [6, 6.07) is 15.9. The highest BCUT2D eigenvalue weighted by molar-refractivity contribution is 6.39. The fourth-order valence-electron chi connectivity index (χ4n) is 3.12. The van der Waals surface area contributed by atoms with Gasteiger partial charge in [0.15, 0.2) is 0 Å². The van der Waals surface area contributed by atoms with Crippen molar-refractivity contribution in [2.45, 2.75) is 13.0 Å². The van der Waals surface area contributed by atoms with Crippen LogP contribution in [0.1, 0.15) is 18.6 Å². The molecule has 2 aromatic rings. The van der Waals surface area contributed by atoms with E-state index in [4.69, 9.17) is 4.74 Å². The minimum atomic E-state index is -0.910. The SMILES string of the molecule is CC(=O)Nc1ccc(NC(=O)C(=O)NCC(=O)N2CCOC(c3ccccc3)C2)cc1. The molecule has 1 unspecified atom stereocenters. The number of hydrogen-bond acceptors (Lipinski definition) is 5. The summed E-state index contributed by atoms with van der Waals surface area (Å²) in [5, 5.41) is 7.40. The first-order valence-electron chi connectivity index (χ1n) is 9.83. The predicted molar refractivity (Wildman–Crippen MR) is 114 cm³/mol. The van der Waals surface area contributed by atoms with Gasteiger partial charge in [0.25, 0.3) is 0 Å². The van der Waals surface area contributed by atoms with Crippen LogP contribution in [-0.2, 0) is 23.9 Å². The van der Waals surface area contributed by atoms with Crippen molar-refractivity contribution < 1.29 is 23.9 Å². The maximum absolute atomic E-state index is 12.5. The van der Waals surface area contributed by atoms with E-state index in [1.54, 1.807) is 29.2 Å². The van der Waals surface area contributed by atoms with Gasteiger partial charge in [0.05, 0.1) is 19.7 Å². The van der Waals surface area contributed by atoms with Gasteiger partial charge in [-0.3, -0.25) is 19.2 Å². The van der Waals surface area contributed by atoms with Crippen LogP contribution in [0.5, 0.6) is 0 Å². The Balaban J connectivity index is 1.46. The molecule has 1 atom stereocenters. The number of hydrogen-bond donors (Lipinski definition) is 3. The summed E-state index contributed by atoms with van der Waals surface area (Å²) in [7, 11) is 0. The second kappa shape index (κ2) is 10.4. The minimum Gasteiger partial charge on any atom is -0.370 e. The van der Waals surface area contributed by atoms with Crippen LogP contribution in [0, 0.1) is 0 Å². The molecule has 1 saturated heterocycles. The number of carbonyl (C=O) groups is 4. The zero-order valence-electron chi connectivity index (χ0n) is 17.1.